The molecule has 0 bridgehead atoms. The zero-order valence-electron chi connectivity index (χ0n) is 30.5. The molecule has 0 heterocycles. The molecule has 242 valence electrons. The van der Waals surface area contributed by atoms with E-state index in [1.54, 1.807) is 11.1 Å². The molecule has 2 unspecified atom stereocenters. The first-order valence-electron chi connectivity index (χ1n) is 17.7. The minimum absolute atomic E-state index is 0.0690. The zero-order chi connectivity index (χ0) is 33.6. The normalized spacial score (nSPS) is 18.5. The van der Waals surface area contributed by atoms with Gasteiger partial charge < -0.3 is 4.74 Å². The van der Waals surface area contributed by atoms with E-state index < -0.39 is 0 Å². The first kappa shape index (κ1) is 31.7. The van der Waals surface area contributed by atoms with Crippen LogP contribution >= 0.6 is 0 Å². The molecular weight excluding hydrogens is 569 g/mol. The van der Waals surface area contributed by atoms with E-state index in [1.807, 2.05) is 7.11 Å². The Balaban J connectivity index is 1.45. The van der Waals surface area contributed by atoms with Crippen molar-refractivity contribution in [2.75, 3.05) is 7.11 Å². The Hall–Kier alpha value is -3.84. The van der Waals surface area contributed by atoms with Gasteiger partial charge in [0.2, 0.25) is 0 Å². The topological polar surface area (TPSA) is 9.23 Å². The van der Waals surface area contributed by atoms with E-state index in [2.05, 4.69) is 136 Å². The van der Waals surface area contributed by atoms with Crippen LogP contribution in [0.5, 0.6) is 5.75 Å². The average Bonchev–Trinajstić information content (AvgIpc) is 3.68. The van der Waals surface area contributed by atoms with Gasteiger partial charge in [-0.2, -0.15) is 0 Å². The molecule has 0 radical (unpaired) electrons. The SMILES string of the molecule is COc1c(C(C)(C)C)cc2c(c1-c1ccc(C)cc1C)C=C(C)C2C1C(C)=Cc2c1cc1c(c2-c2ccc(C(C)(C)C)cc2)CCC1. The fraction of sp³-hybridized carbons (Fsp3) is 0.391. The lowest BCUT2D eigenvalue weighted by Crippen LogP contribution is -2.17. The summed E-state index contributed by atoms with van der Waals surface area (Å²) in [6, 6.07) is 21.5. The Kier molecular flexibility index (Phi) is 7.51. The highest BCUT2D eigenvalue weighted by atomic mass is 16.5. The van der Waals surface area contributed by atoms with Crippen LogP contribution in [0.25, 0.3) is 34.4 Å². The number of hydrogen-bond acceptors (Lipinski definition) is 1. The molecule has 0 aromatic heterocycles. The van der Waals surface area contributed by atoms with Crippen LogP contribution in [0.15, 0.2) is 65.7 Å². The molecule has 0 saturated heterocycles. The van der Waals surface area contributed by atoms with Crippen molar-refractivity contribution in [3.63, 3.8) is 0 Å². The lowest BCUT2D eigenvalue weighted by Gasteiger charge is -2.31. The lowest BCUT2D eigenvalue weighted by atomic mass is 9.74. The predicted molar refractivity (Wildman–Crippen MR) is 202 cm³/mol. The number of fused-ring (bicyclic) bond motifs is 3. The molecule has 2 atom stereocenters. The molecule has 0 amide bonds. The van der Waals surface area contributed by atoms with Gasteiger partial charge in [0.05, 0.1) is 7.11 Å². The van der Waals surface area contributed by atoms with Crippen LogP contribution in [0, 0.1) is 13.8 Å². The van der Waals surface area contributed by atoms with Crippen LogP contribution in [0.3, 0.4) is 0 Å². The summed E-state index contributed by atoms with van der Waals surface area (Å²) in [5.41, 5.74) is 22.5. The molecule has 3 aliphatic carbocycles. The van der Waals surface area contributed by atoms with Gasteiger partial charge in [-0.1, -0.05) is 125 Å². The van der Waals surface area contributed by atoms with Crippen molar-refractivity contribution in [2.45, 2.75) is 111 Å². The zero-order valence-corrected chi connectivity index (χ0v) is 30.5. The van der Waals surface area contributed by atoms with Crippen molar-refractivity contribution in [3.8, 4) is 28.0 Å². The molecule has 0 spiro atoms. The summed E-state index contributed by atoms with van der Waals surface area (Å²) in [6.45, 7) is 23.1. The molecule has 1 heteroatoms. The third-order valence-electron chi connectivity index (χ3n) is 11.3. The molecule has 0 N–H and O–H groups in total. The second-order valence-corrected chi connectivity index (χ2v) is 16.7. The maximum atomic E-state index is 6.35. The van der Waals surface area contributed by atoms with Gasteiger partial charge in [0, 0.05) is 23.0 Å². The minimum Gasteiger partial charge on any atom is -0.496 e. The maximum absolute atomic E-state index is 6.35. The molecule has 3 aliphatic rings. The molecule has 7 rings (SSSR count). The molecule has 0 saturated carbocycles. The van der Waals surface area contributed by atoms with E-state index in [-0.39, 0.29) is 16.7 Å². The smallest absolute Gasteiger partial charge is 0.131 e. The lowest BCUT2D eigenvalue weighted by molar-refractivity contribution is 0.398. The van der Waals surface area contributed by atoms with Crippen LogP contribution in [-0.2, 0) is 23.7 Å². The molecule has 47 heavy (non-hydrogen) atoms. The summed E-state index contributed by atoms with van der Waals surface area (Å²) in [5, 5.41) is 0. The predicted octanol–water partition coefficient (Wildman–Crippen LogP) is 12.4. The number of allylic oxidation sites excluding steroid dienone is 2. The number of benzene rings is 4. The number of rotatable bonds is 4. The Morgan fingerprint density at radius 3 is 1.85 bits per heavy atom. The van der Waals surface area contributed by atoms with Crippen LogP contribution in [0.2, 0.25) is 0 Å². The molecule has 4 aromatic rings. The summed E-state index contributed by atoms with van der Waals surface area (Å²) >= 11 is 0. The summed E-state index contributed by atoms with van der Waals surface area (Å²) in [7, 11) is 1.85. The Labute approximate surface area is 283 Å². The number of ether oxygens (including phenoxy) is 1. The number of hydrogen-bond donors (Lipinski definition) is 0. The van der Waals surface area contributed by atoms with E-state index in [1.165, 1.54) is 97.2 Å². The first-order valence-corrected chi connectivity index (χ1v) is 17.7. The van der Waals surface area contributed by atoms with Crippen LogP contribution in [0.1, 0.15) is 129 Å². The standard InChI is InChI=1S/C46H52O/c1-26-15-20-33(27(2)21-26)43-36-23-29(4)41(38(36)25-39(44(43)47-11)46(8,9)10)40-28(3)22-35-37(40)24-31-13-12-14-34(31)42(35)30-16-18-32(19-17-30)45(5,6)7/h15-25,40-41H,12-14H2,1-11H3. The van der Waals surface area contributed by atoms with Crippen LogP contribution in [-0.4, -0.2) is 7.11 Å². The van der Waals surface area contributed by atoms with Crippen molar-refractivity contribution >= 4 is 12.2 Å². The second kappa shape index (κ2) is 11.1. The second-order valence-electron chi connectivity index (χ2n) is 16.7. The van der Waals surface area contributed by atoms with Gasteiger partial charge in [0.1, 0.15) is 5.75 Å². The summed E-state index contributed by atoms with van der Waals surface area (Å²) < 4.78 is 6.35. The van der Waals surface area contributed by atoms with Gasteiger partial charge in [-0.05, 0) is 119 Å². The molecule has 1 nitrogen and oxygen atoms in total. The van der Waals surface area contributed by atoms with Gasteiger partial charge in [-0.15, -0.1) is 0 Å². The van der Waals surface area contributed by atoms with Crippen molar-refractivity contribution in [3.05, 3.63) is 121 Å². The highest BCUT2D eigenvalue weighted by molar-refractivity contribution is 5.91. The van der Waals surface area contributed by atoms with E-state index in [4.69, 9.17) is 4.74 Å². The van der Waals surface area contributed by atoms with Gasteiger partial charge >= 0.3 is 0 Å². The summed E-state index contributed by atoms with van der Waals surface area (Å²) in [4.78, 5) is 0. The van der Waals surface area contributed by atoms with Crippen molar-refractivity contribution in [1.29, 1.82) is 0 Å². The van der Waals surface area contributed by atoms with Crippen LogP contribution < -0.4 is 4.74 Å². The third kappa shape index (κ3) is 5.13. The fourth-order valence-electron chi connectivity index (χ4n) is 8.92. The minimum atomic E-state index is -0.0690. The maximum Gasteiger partial charge on any atom is 0.131 e. The largest absolute Gasteiger partial charge is 0.496 e. The molecule has 0 fully saturated rings. The van der Waals surface area contributed by atoms with Crippen LogP contribution in [0.4, 0.5) is 0 Å². The van der Waals surface area contributed by atoms with Crippen molar-refractivity contribution in [2.24, 2.45) is 0 Å². The van der Waals surface area contributed by atoms with Crippen molar-refractivity contribution in [1.82, 2.24) is 0 Å². The Morgan fingerprint density at radius 1 is 0.660 bits per heavy atom. The van der Waals surface area contributed by atoms with E-state index in [9.17, 15) is 0 Å². The quantitative estimate of drug-likeness (QED) is 0.221. The highest BCUT2D eigenvalue weighted by Crippen LogP contribution is 2.58. The Bertz CT molecular complexity index is 1980. The van der Waals surface area contributed by atoms with Crippen molar-refractivity contribution < 1.29 is 4.74 Å². The Morgan fingerprint density at radius 2 is 1.28 bits per heavy atom. The van der Waals surface area contributed by atoms with E-state index in [0.717, 1.165) is 5.75 Å². The monoisotopic (exact) mass is 620 g/mol. The number of methoxy groups -OCH3 is 1. The summed E-state index contributed by atoms with van der Waals surface area (Å²) in [6.07, 6.45) is 8.62. The molecular formula is C46H52O. The van der Waals surface area contributed by atoms with Gasteiger partial charge in [0.25, 0.3) is 0 Å². The average molecular weight is 621 g/mol. The summed E-state index contributed by atoms with van der Waals surface area (Å²) in [5.74, 6) is 1.62. The van der Waals surface area contributed by atoms with Gasteiger partial charge in [0.15, 0.2) is 0 Å². The number of aryl methyl sites for hydroxylation is 3. The fourth-order valence-corrected chi connectivity index (χ4v) is 8.92. The van der Waals surface area contributed by atoms with Gasteiger partial charge in [-0.25, -0.2) is 0 Å². The first-order chi connectivity index (χ1) is 22.2. The van der Waals surface area contributed by atoms with Gasteiger partial charge in [-0.3, -0.25) is 0 Å². The van der Waals surface area contributed by atoms with E-state index >= 15 is 0 Å². The third-order valence-corrected chi connectivity index (χ3v) is 11.3. The molecule has 0 aliphatic heterocycles. The van der Waals surface area contributed by atoms with E-state index in [0.29, 0.717) is 5.92 Å². The molecule has 4 aromatic carbocycles. The highest BCUT2D eigenvalue weighted by Gasteiger charge is 2.41.